The Morgan fingerprint density at radius 1 is 1.29 bits per heavy atom. The Kier molecular flexibility index (Phi) is 6.72. The van der Waals surface area contributed by atoms with E-state index in [2.05, 4.69) is 44.9 Å². The Hall–Kier alpha value is 0.120. The molecular weight excluding hydrogens is 351 g/mol. The van der Waals surface area contributed by atoms with Gasteiger partial charge in [-0.2, -0.15) is 0 Å². The highest BCUT2D eigenvalue weighted by Gasteiger charge is 2.22. The van der Waals surface area contributed by atoms with Crippen LogP contribution in [0.1, 0.15) is 11.6 Å². The minimum absolute atomic E-state index is 0. The molecule has 1 fully saturated rings. The van der Waals surface area contributed by atoms with Crippen molar-refractivity contribution >= 4 is 35.0 Å². The molecule has 5 heteroatoms. The fraction of sp³-hybridized carbons (Fsp3) is 0.500. The van der Waals surface area contributed by atoms with Crippen molar-refractivity contribution in [2.24, 2.45) is 0 Å². The number of aliphatic hydroxyl groups is 1. The summed E-state index contributed by atoms with van der Waals surface area (Å²) in [6.45, 7) is 4.24. The quantitative estimate of drug-likeness (QED) is 0.797. The molecule has 0 aromatic heterocycles. The average molecular weight is 369 g/mol. The Morgan fingerprint density at radius 3 is 2.53 bits per heavy atom. The van der Waals surface area contributed by atoms with Crippen molar-refractivity contribution < 1.29 is 5.11 Å². The van der Waals surface area contributed by atoms with E-state index in [1.54, 1.807) is 0 Å². The van der Waals surface area contributed by atoms with Gasteiger partial charge in [0.1, 0.15) is 0 Å². The molecule has 0 amide bonds. The SMILES string of the molecule is Cl.OC[C@@H](c1ccccc1I)N1CCNCC1. The van der Waals surface area contributed by atoms with Crippen molar-refractivity contribution in [1.29, 1.82) is 0 Å². The van der Waals surface area contributed by atoms with Crippen LogP contribution in [0.15, 0.2) is 24.3 Å². The Balaban J connectivity index is 0.00000144. The van der Waals surface area contributed by atoms with Crippen molar-refractivity contribution in [2.75, 3.05) is 32.8 Å². The van der Waals surface area contributed by atoms with Crippen molar-refractivity contribution in [3.63, 3.8) is 0 Å². The number of piperazine rings is 1. The first-order valence-corrected chi connectivity index (χ1v) is 6.71. The summed E-state index contributed by atoms with van der Waals surface area (Å²) in [6.07, 6.45) is 0. The van der Waals surface area contributed by atoms with Crippen LogP contribution in [0.5, 0.6) is 0 Å². The minimum atomic E-state index is 0. The lowest BCUT2D eigenvalue weighted by Crippen LogP contribution is -2.46. The van der Waals surface area contributed by atoms with Crippen molar-refractivity contribution in [3.8, 4) is 0 Å². The highest BCUT2D eigenvalue weighted by molar-refractivity contribution is 14.1. The molecule has 2 rings (SSSR count). The zero-order chi connectivity index (χ0) is 11.4. The van der Waals surface area contributed by atoms with E-state index in [1.165, 1.54) is 9.13 Å². The van der Waals surface area contributed by atoms with Gasteiger partial charge in [0.05, 0.1) is 12.6 Å². The van der Waals surface area contributed by atoms with Gasteiger partial charge in [-0.3, -0.25) is 4.90 Å². The van der Waals surface area contributed by atoms with Gasteiger partial charge in [-0.15, -0.1) is 12.4 Å². The molecular formula is C12H18ClIN2O. The summed E-state index contributed by atoms with van der Waals surface area (Å²) in [5.41, 5.74) is 1.24. The molecule has 0 aliphatic carbocycles. The summed E-state index contributed by atoms with van der Waals surface area (Å²) < 4.78 is 1.23. The zero-order valence-electron chi connectivity index (χ0n) is 9.60. The maximum Gasteiger partial charge on any atom is 0.0629 e. The van der Waals surface area contributed by atoms with Gasteiger partial charge in [0.2, 0.25) is 0 Å². The summed E-state index contributed by atoms with van der Waals surface area (Å²) in [6, 6.07) is 8.45. The topological polar surface area (TPSA) is 35.5 Å². The summed E-state index contributed by atoms with van der Waals surface area (Å²) in [5.74, 6) is 0. The second-order valence-corrected chi connectivity index (χ2v) is 5.17. The fourth-order valence-electron chi connectivity index (χ4n) is 2.15. The molecule has 1 aliphatic heterocycles. The molecule has 1 saturated heterocycles. The van der Waals surface area contributed by atoms with Gasteiger partial charge >= 0.3 is 0 Å². The number of nitrogens with zero attached hydrogens (tertiary/aromatic N) is 1. The van der Waals surface area contributed by atoms with Crippen LogP contribution in [0.4, 0.5) is 0 Å². The first-order valence-electron chi connectivity index (χ1n) is 5.63. The second kappa shape index (κ2) is 7.53. The summed E-state index contributed by atoms with van der Waals surface area (Å²) in [4.78, 5) is 2.36. The van der Waals surface area contributed by atoms with Crippen LogP contribution in [0.25, 0.3) is 0 Å². The number of rotatable bonds is 3. The maximum atomic E-state index is 9.59. The third-order valence-electron chi connectivity index (χ3n) is 3.03. The average Bonchev–Trinajstić information content (AvgIpc) is 2.34. The molecule has 0 radical (unpaired) electrons. The standard InChI is InChI=1S/C12H17IN2O.ClH/c13-11-4-2-1-3-10(11)12(9-16)15-7-5-14-6-8-15;/h1-4,12,14,16H,5-9H2;1H/t12-;/m0./s1. The Labute approximate surface area is 122 Å². The predicted octanol–water partition coefficient (Wildman–Crippen LogP) is 1.65. The number of hydrogen-bond donors (Lipinski definition) is 2. The lowest BCUT2D eigenvalue weighted by molar-refractivity contribution is 0.110. The summed E-state index contributed by atoms with van der Waals surface area (Å²) in [7, 11) is 0. The van der Waals surface area contributed by atoms with Gasteiger partial charge in [0.15, 0.2) is 0 Å². The highest BCUT2D eigenvalue weighted by atomic mass is 127. The molecule has 1 aromatic carbocycles. The number of nitrogens with one attached hydrogen (secondary N) is 1. The number of hydrogen-bond acceptors (Lipinski definition) is 3. The first-order chi connectivity index (χ1) is 7.83. The van der Waals surface area contributed by atoms with E-state index in [9.17, 15) is 5.11 Å². The molecule has 1 atom stereocenters. The van der Waals surface area contributed by atoms with E-state index in [4.69, 9.17) is 0 Å². The highest BCUT2D eigenvalue weighted by Crippen LogP contribution is 2.25. The van der Waals surface area contributed by atoms with E-state index in [1.807, 2.05) is 12.1 Å². The number of benzene rings is 1. The smallest absolute Gasteiger partial charge is 0.0629 e. The molecule has 1 heterocycles. The lowest BCUT2D eigenvalue weighted by Gasteiger charge is -2.34. The van der Waals surface area contributed by atoms with Gasteiger partial charge < -0.3 is 10.4 Å². The predicted molar refractivity (Wildman–Crippen MR) is 80.7 cm³/mol. The van der Waals surface area contributed by atoms with Crippen LogP contribution in [0.2, 0.25) is 0 Å². The van der Waals surface area contributed by atoms with E-state index in [-0.39, 0.29) is 25.1 Å². The summed E-state index contributed by atoms with van der Waals surface area (Å²) >= 11 is 2.34. The molecule has 2 N–H and O–H groups in total. The number of aliphatic hydroxyl groups excluding tert-OH is 1. The number of halogens is 2. The molecule has 0 saturated carbocycles. The largest absolute Gasteiger partial charge is 0.394 e. The molecule has 17 heavy (non-hydrogen) atoms. The fourth-order valence-corrected chi connectivity index (χ4v) is 2.90. The maximum absolute atomic E-state index is 9.59. The molecule has 0 spiro atoms. The van der Waals surface area contributed by atoms with Gasteiger partial charge in [-0.25, -0.2) is 0 Å². The van der Waals surface area contributed by atoms with Crippen molar-refractivity contribution in [2.45, 2.75) is 6.04 Å². The molecule has 1 aliphatic rings. The second-order valence-electron chi connectivity index (χ2n) is 4.01. The van der Waals surface area contributed by atoms with Gasteiger partial charge in [-0.05, 0) is 34.2 Å². The first kappa shape index (κ1) is 15.2. The van der Waals surface area contributed by atoms with Crippen molar-refractivity contribution in [3.05, 3.63) is 33.4 Å². The van der Waals surface area contributed by atoms with Gasteiger partial charge in [-0.1, -0.05) is 18.2 Å². The molecule has 96 valence electrons. The van der Waals surface area contributed by atoms with E-state index >= 15 is 0 Å². The van der Waals surface area contributed by atoms with Gasteiger partial charge in [0.25, 0.3) is 0 Å². The van der Waals surface area contributed by atoms with Crippen LogP contribution >= 0.6 is 35.0 Å². The van der Waals surface area contributed by atoms with Crippen molar-refractivity contribution in [1.82, 2.24) is 10.2 Å². The third-order valence-corrected chi connectivity index (χ3v) is 4.01. The molecule has 0 unspecified atom stereocenters. The van der Waals surface area contributed by atoms with E-state index in [0.717, 1.165) is 26.2 Å². The zero-order valence-corrected chi connectivity index (χ0v) is 12.6. The van der Waals surface area contributed by atoms with Crippen LogP contribution in [0, 0.1) is 3.57 Å². The normalized spacial score (nSPS) is 18.5. The van der Waals surface area contributed by atoms with E-state index < -0.39 is 0 Å². The summed E-state index contributed by atoms with van der Waals surface area (Å²) in [5, 5.41) is 12.9. The monoisotopic (exact) mass is 368 g/mol. The van der Waals surface area contributed by atoms with Crippen LogP contribution in [-0.2, 0) is 0 Å². The van der Waals surface area contributed by atoms with Crippen LogP contribution in [-0.4, -0.2) is 42.8 Å². The van der Waals surface area contributed by atoms with Crippen LogP contribution in [0.3, 0.4) is 0 Å². The Morgan fingerprint density at radius 2 is 1.94 bits per heavy atom. The molecule has 0 bridgehead atoms. The molecule has 3 nitrogen and oxygen atoms in total. The Bertz CT molecular complexity index is 345. The lowest BCUT2D eigenvalue weighted by atomic mass is 10.1. The molecule has 1 aromatic rings. The minimum Gasteiger partial charge on any atom is -0.394 e. The van der Waals surface area contributed by atoms with Crippen LogP contribution < -0.4 is 5.32 Å². The van der Waals surface area contributed by atoms with Gasteiger partial charge in [0, 0.05) is 29.7 Å². The van der Waals surface area contributed by atoms with E-state index in [0.29, 0.717) is 0 Å². The third kappa shape index (κ3) is 3.79.